The van der Waals surface area contributed by atoms with Gasteiger partial charge in [0.2, 0.25) is 5.91 Å². The number of imidazole rings is 1. The minimum atomic E-state index is -0.667. The molecule has 0 bridgehead atoms. The molecule has 5 rings (SSSR count). The van der Waals surface area contributed by atoms with Gasteiger partial charge in [-0.3, -0.25) is 4.79 Å². The molecule has 0 radical (unpaired) electrons. The molecule has 1 aliphatic heterocycles. The number of fused-ring (bicyclic) bond motifs is 1. The molecule has 36 heavy (non-hydrogen) atoms. The molecule has 0 aliphatic carbocycles. The van der Waals surface area contributed by atoms with Gasteiger partial charge in [0.05, 0.1) is 17.6 Å². The third-order valence-electron chi connectivity index (χ3n) is 6.20. The second-order valence-corrected chi connectivity index (χ2v) is 9.10. The summed E-state index contributed by atoms with van der Waals surface area (Å²) in [6.07, 6.45) is 0.445. The van der Waals surface area contributed by atoms with E-state index in [1.165, 1.54) is 24.3 Å². The lowest BCUT2D eigenvalue weighted by atomic mass is 10.1. The average Bonchev–Trinajstić information content (AvgIpc) is 3.24. The van der Waals surface area contributed by atoms with Crippen LogP contribution < -0.4 is 11.1 Å². The van der Waals surface area contributed by atoms with Crippen LogP contribution >= 0.6 is 11.6 Å². The van der Waals surface area contributed by atoms with Gasteiger partial charge in [0.25, 0.3) is 0 Å². The summed E-state index contributed by atoms with van der Waals surface area (Å²) < 4.78 is 29.6. The molecular weight excluding hydrogens is 484 g/mol. The quantitative estimate of drug-likeness (QED) is 0.379. The Kier molecular flexibility index (Phi) is 6.71. The number of hydrogen-bond acceptors (Lipinski definition) is 4. The molecule has 9 heteroatoms. The van der Waals surface area contributed by atoms with Crippen molar-refractivity contribution in [1.29, 1.82) is 0 Å². The predicted molar refractivity (Wildman–Crippen MR) is 136 cm³/mol. The van der Waals surface area contributed by atoms with Crippen LogP contribution in [0.25, 0.3) is 11.3 Å². The Morgan fingerprint density at radius 1 is 1.06 bits per heavy atom. The summed E-state index contributed by atoms with van der Waals surface area (Å²) in [6.45, 7) is 1.18. The molecule has 3 N–H and O–H groups in total. The monoisotopic (exact) mass is 507 g/mol. The highest BCUT2D eigenvalue weighted by Crippen LogP contribution is 2.34. The number of carbonyl (C=O) groups excluding carboxylic acids is 1. The van der Waals surface area contributed by atoms with Crippen LogP contribution in [0, 0.1) is 11.6 Å². The van der Waals surface area contributed by atoms with E-state index in [1.807, 2.05) is 34.9 Å². The molecule has 2 heterocycles. The van der Waals surface area contributed by atoms with Gasteiger partial charge in [-0.05, 0) is 54.4 Å². The first-order valence-electron chi connectivity index (χ1n) is 11.5. The van der Waals surface area contributed by atoms with E-state index in [4.69, 9.17) is 22.3 Å². The number of anilines is 2. The maximum atomic E-state index is 14.1. The van der Waals surface area contributed by atoms with E-state index in [-0.39, 0.29) is 23.3 Å². The van der Waals surface area contributed by atoms with E-state index in [0.29, 0.717) is 48.1 Å². The van der Waals surface area contributed by atoms with E-state index in [9.17, 15) is 13.6 Å². The molecule has 6 nitrogen and oxygen atoms in total. The smallest absolute Gasteiger partial charge is 0.240 e. The minimum absolute atomic E-state index is 0.0237. The SMILES string of the molecule is N[C@H](Cc1ccccc1)C(=O)N1CCn2c(nc(-c3ccc(F)cc3)c2Nc2ccc(Cl)c(F)c2)C1. The van der Waals surface area contributed by atoms with Gasteiger partial charge >= 0.3 is 0 Å². The summed E-state index contributed by atoms with van der Waals surface area (Å²) in [5, 5.41) is 3.26. The summed E-state index contributed by atoms with van der Waals surface area (Å²) in [5.41, 5.74) is 9.01. The number of aromatic nitrogens is 2. The third-order valence-corrected chi connectivity index (χ3v) is 6.51. The van der Waals surface area contributed by atoms with Gasteiger partial charge in [0.1, 0.15) is 29.0 Å². The van der Waals surface area contributed by atoms with E-state index in [1.54, 1.807) is 23.1 Å². The molecule has 1 aromatic heterocycles. The Morgan fingerprint density at radius 2 is 1.81 bits per heavy atom. The lowest BCUT2D eigenvalue weighted by molar-refractivity contribution is -0.134. The lowest BCUT2D eigenvalue weighted by Crippen LogP contribution is -2.47. The maximum absolute atomic E-state index is 14.1. The van der Waals surface area contributed by atoms with Gasteiger partial charge in [0, 0.05) is 24.3 Å². The lowest BCUT2D eigenvalue weighted by Gasteiger charge is -2.30. The Hall–Kier alpha value is -3.75. The molecule has 3 aromatic carbocycles. The molecule has 184 valence electrons. The molecule has 1 aliphatic rings. The summed E-state index contributed by atoms with van der Waals surface area (Å²) in [7, 11) is 0. The first-order chi connectivity index (χ1) is 17.4. The maximum Gasteiger partial charge on any atom is 0.240 e. The molecule has 0 saturated heterocycles. The number of nitrogens with two attached hydrogens (primary N) is 1. The van der Waals surface area contributed by atoms with Crippen LogP contribution in [0.3, 0.4) is 0 Å². The number of carbonyl (C=O) groups is 1. The Morgan fingerprint density at radius 3 is 2.53 bits per heavy atom. The molecule has 0 spiro atoms. The van der Waals surface area contributed by atoms with Crippen molar-refractivity contribution in [2.45, 2.75) is 25.6 Å². The fraction of sp³-hybridized carbons (Fsp3) is 0.185. The van der Waals surface area contributed by atoms with Crippen LogP contribution in [0.1, 0.15) is 11.4 Å². The fourth-order valence-corrected chi connectivity index (χ4v) is 4.47. The number of rotatable bonds is 6. The van der Waals surface area contributed by atoms with Crippen LogP contribution in [0.5, 0.6) is 0 Å². The Bertz CT molecular complexity index is 1390. The first kappa shape index (κ1) is 24.0. The Labute approximate surface area is 212 Å². The van der Waals surface area contributed by atoms with E-state index < -0.39 is 11.9 Å². The number of benzene rings is 3. The molecule has 0 saturated carbocycles. The van der Waals surface area contributed by atoms with E-state index in [0.717, 1.165) is 5.56 Å². The first-order valence-corrected chi connectivity index (χ1v) is 11.9. The number of amides is 1. The van der Waals surface area contributed by atoms with Gasteiger partial charge in [-0.1, -0.05) is 41.9 Å². The zero-order valence-corrected chi connectivity index (χ0v) is 20.1. The summed E-state index contributed by atoms with van der Waals surface area (Å²) in [6, 6.07) is 19.4. The van der Waals surface area contributed by atoms with E-state index >= 15 is 0 Å². The normalized spacial score (nSPS) is 13.8. The van der Waals surface area contributed by atoms with Crippen molar-refractivity contribution < 1.29 is 13.6 Å². The van der Waals surface area contributed by atoms with Gasteiger partial charge in [0.15, 0.2) is 0 Å². The van der Waals surface area contributed by atoms with Crippen LogP contribution in [0.2, 0.25) is 5.02 Å². The van der Waals surface area contributed by atoms with Crippen LogP contribution in [0.4, 0.5) is 20.3 Å². The molecule has 4 aromatic rings. The van der Waals surface area contributed by atoms with Gasteiger partial charge in [-0.15, -0.1) is 0 Å². The topological polar surface area (TPSA) is 76.2 Å². The van der Waals surface area contributed by atoms with Crippen molar-refractivity contribution in [2.24, 2.45) is 5.73 Å². The summed E-state index contributed by atoms with van der Waals surface area (Å²) in [5.74, 6) is 0.219. The molecular formula is C27H24ClF2N5O. The van der Waals surface area contributed by atoms with Crippen molar-refractivity contribution in [1.82, 2.24) is 14.5 Å². The molecule has 0 unspecified atom stereocenters. The molecule has 1 amide bonds. The Balaban J connectivity index is 1.44. The van der Waals surface area contributed by atoms with Crippen molar-refractivity contribution >= 4 is 29.0 Å². The van der Waals surface area contributed by atoms with Crippen molar-refractivity contribution in [3.05, 3.63) is 101 Å². The standard InChI is InChI=1S/C27H24ClF2N5O/c28-21-11-10-20(15-22(21)30)32-26-25(18-6-8-19(29)9-7-18)33-24-16-34(12-13-35(24)26)27(36)23(31)14-17-4-2-1-3-5-17/h1-11,15,23,32H,12-14,16,31H2/t23-/m1/s1. The van der Waals surface area contributed by atoms with Crippen LogP contribution in [-0.4, -0.2) is 32.9 Å². The second-order valence-electron chi connectivity index (χ2n) is 8.69. The molecule has 1 atom stereocenters. The van der Waals surface area contributed by atoms with Crippen molar-refractivity contribution in [3.8, 4) is 11.3 Å². The van der Waals surface area contributed by atoms with Crippen LogP contribution in [-0.2, 0) is 24.3 Å². The molecule has 0 fully saturated rings. The highest BCUT2D eigenvalue weighted by molar-refractivity contribution is 6.30. The van der Waals surface area contributed by atoms with Crippen LogP contribution in [0.15, 0.2) is 72.8 Å². The highest BCUT2D eigenvalue weighted by atomic mass is 35.5. The number of hydrogen-bond donors (Lipinski definition) is 2. The third kappa shape index (κ3) is 4.96. The number of nitrogens with one attached hydrogen (secondary N) is 1. The predicted octanol–water partition coefficient (Wildman–Crippen LogP) is 5.14. The zero-order chi connectivity index (χ0) is 25.2. The van der Waals surface area contributed by atoms with Gasteiger partial charge in [-0.25, -0.2) is 13.8 Å². The number of halogens is 3. The summed E-state index contributed by atoms with van der Waals surface area (Å²) in [4.78, 5) is 19.6. The van der Waals surface area contributed by atoms with E-state index in [2.05, 4.69) is 5.32 Å². The second kappa shape index (κ2) is 10.1. The largest absolute Gasteiger partial charge is 0.340 e. The van der Waals surface area contributed by atoms with Crippen molar-refractivity contribution in [2.75, 3.05) is 11.9 Å². The average molecular weight is 508 g/mol. The summed E-state index contributed by atoms with van der Waals surface area (Å²) >= 11 is 5.84. The van der Waals surface area contributed by atoms with Gasteiger partial charge < -0.3 is 20.5 Å². The number of nitrogens with zero attached hydrogens (tertiary/aromatic N) is 3. The highest BCUT2D eigenvalue weighted by Gasteiger charge is 2.29. The minimum Gasteiger partial charge on any atom is -0.340 e. The van der Waals surface area contributed by atoms with Gasteiger partial charge in [-0.2, -0.15) is 0 Å². The fourth-order valence-electron chi connectivity index (χ4n) is 4.36. The van der Waals surface area contributed by atoms with Crippen molar-refractivity contribution in [3.63, 3.8) is 0 Å². The zero-order valence-electron chi connectivity index (χ0n) is 19.3.